The van der Waals surface area contributed by atoms with E-state index in [0.29, 0.717) is 13.2 Å². The van der Waals surface area contributed by atoms with Crippen molar-refractivity contribution < 1.29 is 4.74 Å². The fourth-order valence-electron chi connectivity index (χ4n) is 0.274. The molecule has 0 atom stereocenters. The number of rotatable bonds is 4. The van der Waals surface area contributed by atoms with E-state index < -0.39 is 0 Å². The lowest BCUT2D eigenvalue weighted by Crippen LogP contribution is -1.97. The molecule has 8 heavy (non-hydrogen) atoms. The first kappa shape index (κ1) is 7.41. The van der Waals surface area contributed by atoms with E-state index in [1.165, 1.54) is 0 Å². The molecule has 0 fully saturated rings. The Labute approximate surface area is 49.3 Å². The van der Waals surface area contributed by atoms with Crippen LogP contribution >= 0.6 is 0 Å². The number of hydrogen-bond acceptors (Lipinski definition) is 2. The number of nitriles is 1. The van der Waals surface area contributed by atoms with Crippen molar-refractivity contribution in [3.63, 3.8) is 0 Å². The highest BCUT2D eigenvalue weighted by atomic mass is 16.5. The third kappa shape index (κ3) is 5.41. The average molecular weight is 113 g/mol. The van der Waals surface area contributed by atoms with Crippen molar-refractivity contribution >= 4 is 0 Å². The highest BCUT2D eigenvalue weighted by Crippen LogP contribution is 1.77. The van der Waals surface area contributed by atoms with Gasteiger partial charge in [0.15, 0.2) is 0 Å². The molecule has 0 saturated heterocycles. The predicted octanol–water partition coefficient (Wildman–Crippen LogP) is 0.530. The molecule has 0 amide bonds. The predicted molar refractivity (Wildman–Crippen MR) is 30.6 cm³/mol. The molecular weight excluding hydrogens is 104 g/mol. The topological polar surface area (TPSA) is 47.1 Å². The summed E-state index contributed by atoms with van der Waals surface area (Å²) >= 11 is 0. The van der Waals surface area contributed by atoms with Gasteiger partial charge in [0.2, 0.25) is 0 Å². The van der Waals surface area contributed by atoms with Crippen molar-refractivity contribution in [2.24, 2.45) is 0 Å². The molecule has 0 rings (SSSR count). The Morgan fingerprint density at radius 2 is 2.50 bits per heavy atom. The molecule has 0 aromatic carbocycles. The summed E-state index contributed by atoms with van der Waals surface area (Å²) in [6.07, 6.45) is 0. The van der Waals surface area contributed by atoms with Gasteiger partial charge in [-0.15, -0.1) is 6.54 Å². The lowest BCUT2D eigenvalue weighted by Gasteiger charge is -2.07. The molecule has 0 saturated carbocycles. The molecular formula is C5H9N2O-. The van der Waals surface area contributed by atoms with E-state index >= 15 is 0 Å². The summed E-state index contributed by atoms with van der Waals surface area (Å²) < 4.78 is 4.77. The molecule has 0 aliphatic heterocycles. The van der Waals surface area contributed by atoms with E-state index in [0.717, 1.165) is 0 Å². The molecule has 0 aromatic heterocycles. The number of nitrogens with zero attached hydrogens (tertiary/aromatic N) is 2. The van der Waals surface area contributed by atoms with Crippen LogP contribution in [0.1, 0.15) is 0 Å². The molecule has 0 unspecified atom stereocenters. The monoisotopic (exact) mass is 113 g/mol. The molecule has 0 spiro atoms. The summed E-state index contributed by atoms with van der Waals surface area (Å²) in [5.74, 6) is 0. The van der Waals surface area contributed by atoms with Crippen LogP contribution in [-0.2, 0) is 4.74 Å². The Balaban J connectivity index is 2.65. The van der Waals surface area contributed by atoms with Gasteiger partial charge in [0, 0.05) is 6.61 Å². The summed E-state index contributed by atoms with van der Waals surface area (Å²) in [5.41, 5.74) is 0. The molecule has 0 N–H and O–H groups in total. The third-order valence-electron chi connectivity index (χ3n) is 0.626. The molecule has 3 heteroatoms. The van der Waals surface area contributed by atoms with Crippen molar-refractivity contribution in [3.8, 4) is 6.07 Å². The zero-order valence-corrected chi connectivity index (χ0v) is 4.92. The van der Waals surface area contributed by atoms with Crippen LogP contribution in [0.2, 0.25) is 0 Å². The smallest absolute Gasteiger partial charge is 0.133 e. The van der Waals surface area contributed by atoms with Crippen molar-refractivity contribution in [2.75, 3.05) is 26.8 Å². The summed E-state index contributed by atoms with van der Waals surface area (Å²) in [6, 6.07) is 1.86. The van der Waals surface area contributed by atoms with Crippen LogP contribution in [0.25, 0.3) is 5.32 Å². The molecule has 0 bridgehead atoms. The molecule has 0 aromatic rings. The Bertz CT molecular complexity index is 77.0. The van der Waals surface area contributed by atoms with Gasteiger partial charge in [-0.05, 0) is 0 Å². The van der Waals surface area contributed by atoms with Crippen LogP contribution in [0, 0.1) is 11.3 Å². The van der Waals surface area contributed by atoms with Gasteiger partial charge in [-0.25, -0.2) is 0 Å². The van der Waals surface area contributed by atoms with E-state index in [-0.39, 0.29) is 6.61 Å². The van der Waals surface area contributed by atoms with Gasteiger partial charge in [-0.2, -0.15) is 12.3 Å². The third-order valence-corrected chi connectivity index (χ3v) is 0.626. The van der Waals surface area contributed by atoms with E-state index in [1.807, 2.05) is 6.07 Å². The van der Waals surface area contributed by atoms with E-state index in [4.69, 9.17) is 10.00 Å². The van der Waals surface area contributed by atoms with Crippen molar-refractivity contribution in [2.45, 2.75) is 0 Å². The second-order valence-electron chi connectivity index (χ2n) is 1.25. The summed E-state index contributed by atoms with van der Waals surface area (Å²) in [4.78, 5) is 0. The first-order valence-corrected chi connectivity index (χ1v) is 2.42. The quantitative estimate of drug-likeness (QED) is 0.499. The van der Waals surface area contributed by atoms with E-state index in [9.17, 15) is 0 Å². The van der Waals surface area contributed by atoms with Gasteiger partial charge in [0.05, 0.1) is 6.07 Å². The lowest BCUT2D eigenvalue weighted by molar-refractivity contribution is 0.178. The molecule has 0 aliphatic rings. The maximum atomic E-state index is 7.96. The van der Waals surface area contributed by atoms with E-state index in [1.54, 1.807) is 7.05 Å². The Morgan fingerprint density at radius 1 is 1.75 bits per heavy atom. The summed E-state index contributed by atoms with van der Waals surface area (Å²) in [5, 5.41) is 11.7. The minimum absolute atomic E-state index is 0.176. The van der Waals surface area contributed by atoms with Crippen LogP contribution in [0.3, 0.4) is 0 Å². The van der Waals surface area contributed by atoms with Crippen molar-refractivity contribution in [1.29, 1.82) is 5.26 Å². The minimum Gasteiger partial charge on any atom is -0.663 e. The maximum absolute atomic E-state index is 7.96. The first-order valence-electron chi connectivity index (χ1n) is 2.42. The van der Waals surface area contributed by atoms with Crippen LogP contribution in [0.5, 0.6) is 0 Å². The van der Waals surface area contributed by atoms with Gasteiger partial charge in [0.1, 0.15) is 6.61 Å². The highest BCUT2D eigenvalue weighted by Gasteiger charge is 1.75. The highest BCUT2D eigenvalue weighted by molar-refractivity contribution is 4.70. The van der Waals surface area contributed by atoms with Gasteiger partial charge < -0.3 is 10.1 Å². The van der Waals surface area contributed by atoms with Gasteiger partial charge in [0.25, 0.3) is 0 Å². The van der Waals surface area contributed by atoms with E-state index in [2.05, 4.69) is 5.32 Å². The van der Waals surface area contributed by atoms with Gasteiger partial charge in [-0.3, -0.25) is 0 Å². The Hall–Kier alpha value is -0.590. The SMILES string of the molecule is C[N-]CCOCC#N. The second-order valence-corrected chi connectivity index (χ2v) is 1.25. The van der Waals surface area contributed by atoms with Gasteiger partial charge >= 0.3 is 0 Å². The van der Waals surface area contributed by atoms with Crippen molar-refractivity contribution in [1.82, 2.24) is 0 Å². The fraction of sp³-hybridized carbons (Fsp3) is 0.800. The Kier molecular flexibility index (Phi) is 5.94. The summed E-state index contributed by atoms with van der Waals surface area (Å²) in [6.45, 7) is 1.42. The summed E-state index contributed by atoms with van der Waals surface area (Å²) in [7, 11) is 1.72. The van der Waals surface area contributed by atoms with Crippen LogP contribution in [0.4, 0.5) is 0 Å². The molecule has 0 radical (unpaired) electrons. The minimum atomic E-state index is 0.176. The molecule has 0 heterocycles. The van der Waals surface area contributed by atoms with Gasteiger partial charge in [-0.1, -0.05) is 0 Å². The molecule has 0 aliphatic carbocycles. The molecule has 46 valence electrons. The first-order chi connectivity index (χ1) is 3.91. The zero-order chi connectivity index (χ0) is 6.24. The second kappa shape index (κ2) is 6.41. The average Bonchev–Trinajstić information content (AvgIpc) is 1.81. The number of hydrogen-bond donors (Lipinski definition) is 0. The normalized spacial score (nSPS) is 8.50. The number of ether oxygens (including phenoxy) is 1. The molecule has 3 nitrogen and oxygen atoms in total. The number of likely N-dealkylation sites (N-methyl/N-ethyl adjacent to an activating group) is 1. The maximum Gasteiger partial charge on any atom is 0.133 e. The largest absolute Gasteiger partial charge is 0.663 e. The fourth-order valence-corrected chi connectivity index (χ4v) is 0.274. The lowest BCUT2D eigenvalue weighted by atomic mass is 10.7. The Morgan fingerprint density at radius 3 is 3.00 bits per heavy atom. The zero-order valence-electron chi connectivity index (χ0n) is 4.92. The van der Waals surface area contributed by atoms with Crippen LogP contribution in [-0.4, -0.2) is 26.8 Å². The van der Waals surface area contributed by atoms with Crippen LogP contribution < -0.4 is 0 Å². The standard InChI is InChI=1S/C5H9N2O/c1-7-3-5-8-4-2-6/h3-5H2,1H3/q-1. The van der Waals surface area contributed by atoms with Crippen LogP contribution in [0.15, 0.2) is 0 Å². The van der Waals surface area contributed by atoms with Crippen molar-refractivity contribution in [3.05, 3.63) is 5.32 Å².